The number of hydrogen-bond donors (Lipinski definition) is 1. The van der Waals surface area contributed by atoms with Crippen LogP contribution in [0.25, 0.3) is 0 Å². The molecular formula is C14H27NO. The Balaban J connectivity index is 1.75. The molecule has 2 nitrogen and oxygen atoms in total. The van der Waals surface area contributed by atoms with Crippen LogP contribution < -0.4 is 5.48 Å². The zero-order valence-corrected chi connectivity index (χ0v) is 11.1. The first kappa shape index (κ1) is 12.4. The molecule has 2 atom stereocenters. The summed E-state index contributed by atoms with van der Waals surface area (Å²) in [5, 5.41) is 0. The Bertz CT molecular complexity index is 221. The predicted octanol–water partition coefficient (Wildman–Crippen LogP) is 3.67. The molecule has 0 bridgehead atoms. The molecule has 0 radical (unpaired) electrons. The second-order valence-corrected chi connectivity index (χ2v) is 6.75. The van der Waals surface area contributed by atoms with Gasteiger partial charge in [0.2, 0.25) is 0 Å². The third-order valence-electron chi connectivity index (χ3n) is 4.09. The van der Waals surface area contributed by atoms with Crippen LogP contribution >= 0.6 is 0 Å². The van der Waals surface area contributed by atoms with E-state index in [-0.39, 0.29) is 0 Å². The highest BCUT2D eigenvalue weighted by Crippen LogP contribution is 2.38. The molecular weight excluding hydrogens is 198 g/mol. The topological polar surface area (TPSA) is 21.3 Å². The van der Waals surface area contributed by atoms with Gasteiger partial charge in [-0.15, -0.1) is 0 Å². The Hall–Kier alpha value is -0.0800. The van der Waals surface area contributed by atoms with E-state index in [0.717, 1.165) is 5.92 Å². The second kappa shape index (κ2) is 5.05. The van der Waals surface area contributed by atoms with Gasteiger partial charge in [-0.1, -0.05) is 33.6 Å². The lowest BCUT2D eigenvalue weighted by Crippen LogP contribution is -2.41. The maximum Gasteiger partial charge on any atom is 0.0790 e. The lowest BCUT2D eigenvalue weighted by Gasteiger charge is -2.39. The van der Waals surface area contributed by atoms with Gasteiger partial charge in [0.25, 0.3) is 0 Å². The van der Waals surface area contributed by atoms with Crippen molar-refractivity contribution in [3.8, 4) is 0 Å². The summed E-state index contributed by atoms with van der Waals surface area (Å²) in [6.45, 7) is 7.13. The van der Waals surface area contributed by atoms with Gasteiger partial charge in [-0.2, -0.15) is 5.48 Å². The minimum absolute atomic E-state index is 0.481. The number of rotatable bonds is 3. The molecule has 0 aromatic rings. The Morgan fingerprint density at radius 3 is 2.44 bits per heavy atom. The van der Waals surface area contributed by atoms with Crippen molar-refractivity contribution in [3.63, 3.8) is 0 Å². The van der Waals surface area contributed by atoms with Crippen LogP contribution in [0.4, 0.5) is 0 Å². The van der Waals surface area contributed by atoms with Gasteiger partial charge in [0.05, 0.1) is 6.10 Å². The fourth-order valence-corrected chi connectivity index (χ4v) is 3.63. The average Bonchev–Trinajstić information content (AvgIpc) is 2.63. The second-order valence-electron chi connectivity index (χ2n) is 6.75. The molecule has 0 aromatic carbocycles. The SMILES string of the molecule is CC1CC(NOC2CCCC2)CC(C)(C)C1. The molecule has 0 amide bonds. The maximum atomic E-state index is 5.83. The Labute approximate surface area is 100 Å². The molecule has 0 aromatic heterocycles. The lowest BCUT2D eigenvalue weighted by molar-refractivity contribution is -0.0599. The van der Waals surface area contributed by atoms with E-state index in [1.807, 2.05) is 0 Å². The van der Waals surface area contributed by atoms with Crippen molar-refractivity contribution in [2.45, 2.75) is 77.9 Å². The van der Waals surface area contributed by atoms with Crippen LogP contribution in [-0.4, -0.2) is 12.1 Å². The average molecular weight is 225 g/mol. The molecule has 2 unspecified atom stereocenters. The molecule has 2 aliphatic rings. The summed E-state index contributed by atoms with van der Waals surface area (Å²) in [5.74, 6) is 0.827. The molecule has 2 fully saturated rings. The maximum absolute atomic E-state index is 5.83. The van der Waals surface area contributed by atoms with Crippen LogP contribution in [0, 0.1) is 11.3 Å². The summed E-state index contributed by atoms with van der Waals surface area (Å²) in [4.78, 5) is 5.83. The highest BCUT2D eigenvalue weighted by molar-refractivity contribution is 4.85. The van der Waals surface area contributed by atoms with Gasteiger partial charge >= 0.3 is 0 Å². The van der Waals surface area contributed by atoms with Crippen LogP contribution in [0.3, 0.4) is 0 Å². The lowest BCUT2D eigenvalue weighted by atomic mass is 9.71. The fourth-order valence-electron chi connectivity index (χ4n) is 3.63. The van der Waals surface area contributed by atoms with Crippen molar-refractivity contribution in [2.24, 2.45) is 11.3 Å². The summed E-state index contributed by atoms with van der Waals surface area (Å²) in [5.41, 5.74) is 3.83. The van der Waals surface area contributed by atoms with Gasteiger partial charge in [0.1, 0.15) is 0 Å². The number of hydroxylamine groups is 1. The molecule has 1 N–H and O–H groups in total. The fraction of sp³-hybridized carbons (Fsp3) is 1.00. The predicted molar refractivity (Wildman–Crippen MR) is 67.1 cm³/mol. The van der Waals surface area contributed by atoms with Crippen molar-refractivity contribution in [3.05, 3.63) is 0 Å². The molecule has 0 aliphatic heterocycles. The zero-order chi connectivity index (χ0) is 11.6. The number of nitrogens with one attached hydrogen (secondary N) is 1. The van der Waals surface area contributed by atoms with E-state index in [1.165, 1.54) is 44.9 Å². The Morgan fingerprint density at radius 1 is 1.12 bits per heavy atom. The van der Waals surface area contributed by atoms with Crippen molar-refractivity contribution >= 4 is 0 Å². The minimum atomic E-state index is 0.481. The largest absolute Gasteiger partial charge is 0.298 e. The van der Waals surface area contributed by atoms with E-state index >= 15 is 0 Å². The summed E-state index contributed by atoms with van der Waals surface area (Å²) in [7, 11) is 0. The summed E-state index contributed by atoms with van der Waals surface area (Å²) in [6.07, 6.45) is 9.56. The quantitative estimate of drug-likeness (QED) is 0.740. The van der Waals surface area contributed by atoms with Crippen molar-refractivity contribution < 1.29 is 4.84 Å². The summed E-state index contributed by atoms with van der Waals surface area (Å²) >= 11 is 0. The highest BCUT2D eigenvalue weighted by Gasteiger charge is 2.32. The highest BCUT2D eigenvalue weighted by atomic mass is 16.7. The van der Waals surface area contributed by atoms with Crippen LogP contribution in [0.15, 0.2) is 0 Å². The van der Waals surface area contributed by atoms with E-state index in [4.69, 9.17) is 4.84 Å². The van der Waals surface area contributed by atoms with E-state index in [0.29, 0.717) is 17.6 Å². The molecule has 16 heavy (non-hydrogen) atoms. The van der Waals surface area contributed by atoms with Gasteiger partial charge in [-0.25, -0.2) is 0 Å². The molecule has 0 spiro atoms. The van der Waals surface area contributed by atoms with Crippen LogP contribution in [0.5, 0.6) is 0 Å². The Kier molecular flexibility index (Phi) is 3.91. The Morgan fingerprint density at radius 2 is 1.81 bits per heavy atom. The van der Waals surface area contributed by atoms with Gasteiger partial charge in [-0.3, -0.25) is 4.84 Å². The summed E-state index contributed by atoms with van der Waals surface area (Å²) in [6, 6.07) is 0.569. The third kappa shape index (κ3) is 3.46. The summed E-state index contributed by atoms with van der Waals surface area (Å²) < 4.78 is 0. The van der Waals surface area contributed by atoms with Crippen LogP contribution in [0.1, 0.15) is 65.7 Å². The van der Waals surface area contributed by atoms with Gasteiger partial charge in [-0.05, 0) is 43.4 Å². The van der Waals surface area contributed by atoms with E-state index < -0.39 is 0 Å². The first-order valence-corrected chi connectivity index (χ1v) is 6.96. The van der Waals surface area contributed by atoms with Crippen molar-refractivity contribution in [1.82, 2.24) is 5.48 Å². The van der Waals surface area contributed by atoms with Gasteiger partial charge in [0, 0.05) is 6.04 Å². The van der Waals surface area contributed by atoms with Crippen molar-refractivity contribution in [2.75, 3.05) is 0 Å². The van der Waals surface area contributed by atoms with Gasteiger partial charge in [0.15, 0.2) is 0 Å². The van der Waals surface area contributed by atoms with E-state index in [9.17, 15) is 0 Å². The smallest absolute Gasteiger partial charge is 0.0790 e. The third-order valence-corrected chi connectivity index (χ3v) is 4.09. The molecule has 2 aliphatic carbocycles. The van der Waals surface area contributed by atoms with E-state index in [2.05, 4.69) is 26.3 Å². The standard InChI is InChI=1S/C14H27NO/c1-11-8-12(10-14(2,3)9-11)15-16-13-6-4-5-7-13/h11-13,15H,4-10H2,1-3H3. The molecule has 2 saturated carbocycles. The normalized spacial score (nSPS) is 35.4. The van der Waals surface area contributed by atoms with Crippen LogP contribution in [0.2, 0.25) is 0 Å². The molecule has 94 valence electrons. The zero-order valence-electron chi connectivity index (χ0n) is 11.1. The monoisotopic (exact) mass is 225 g/mol. The molecule has 0 saturated heterocycles. The van der Waals surface area contributed by atoms with Gasteiger partial charge < -0.3 is 0 Å². The molecule has 0 heterocycles. The minimum Gasteiger partial charge on any atom is -0.298 e. The first-order chi connectivity index (χ1) is 7.55. The first-order valence-electron chi connectivity index (χ1n) is 6.96. The molecule has 2 heteroatoms. The van der Waals surface area contributed by atoms with E-state index in [1.54, 1.807) is 0 Å². The number of hydrogen-bond acceptors (Lipinski definition) is 2. The van der Waals surface area contributed by atoms with Crippen LogP contribution in [-0.2, 0) is 4.84 Å². The molecule has 2 rings (SSSR count). The van der Waals surface area contributed by atoms with Crippen molar-refractivity contribution in [1.29, 1.82) is 0 Å².